The highest BCUT2D eigenvalue weighted by Crippen LogP contribution is 2.35. The van der Waals surface area contributed by atoms with Crippen LogP contribution in [0.25, 0.3) is 0 Å². The molecule has 188 valence electrons. The Hall–Kier alpha value is -2.09. The summed E-state index contributed by atoms with van der Waals surface area (Å²) in [6.45, 7) is 14.2. The maximum atomic E-state index is 11.9. The molecule has 34 heavy (non-hydrogen) atoms. The third-order valence-electron chi connectivity index (χ3n) is 4.90. The van der Waals surface area contributed by atoms with Gasteiger partial charge in [0.2, 0.25) is 11.6 Å². The number of hydrogen-bond donors (Lipinski definition) is 0. The zero-order chi connectivity index (χ0) is 24.4. The summed E-state index contributed by atoms with van der Waals surface area (Å²) in [4.78, 5) is 11.9. The highest BCUT2D eigenvalue weighted by atomic mass is 79.9. The quantitative estimate of drug-likeness (QED) is 0.387. The van der Waals surface area contributed by atoms with Crippen molar-refractivity contribution >= 4 is 21.9 Å². The minimum Gasteiger partial charge on any atom is -0.463 e. The Balaban J connectivity index is 0.000000253. The molecule has 0 spiro atoms. The molecule has 0 saturated carbocycles. The van der Waals surface area contributed by atoms with Gasteiger partial charge in [0.15, 0.2) is 0 Å². The molecule has 0 amide bonds. The number of benzene rings is 2. The lowest BCUT2D eigenvalue weighted by Gasteiger charge is -2.33. The molecule has 2 aromatic carbocycles. The van der Waals surface area contributed by atoms with Gasteiger partial charge in [0.25, 0.3) is 0 Å². The Bertz CT molecular complexity index is 1010. The summed E-state index contributed by atoms with van der Waals surface area (Å²) in [7, 11) is 0. The highest BCUT2D eigenvalue weighted by molar-refractivity contribution is 9.10. The van der Waals surface area contributed by atoms with Crippen LogP contribution in [0.15, 0.2) is 40.9 Å². The first-order valence-electron chi connectivity index (χ1n) is 11.0. The van der Waals surface area contributed by atoms with Gasteiger partial charge in [-0.15, -0.1) is 0 Å². The average Bonchev–Trinajstić information content (AvgIpc) is 2.65. The lowest BCUT2D eigenvalue weighted by Crippen LogP contribution is -2.35. The molecule has 0 saturated heterocycles. The number of ether oxygens (including phenoxy) is 5. The van der Waals surface area contributed by atoms with Crippen LogP contribution in [0.2, 0.25) is 0 Å². The number of hydrogen-bond acceptors (Lipinski definition) is 6. The fourth-order valence-corrected chi connectivity index (χ4v) is 3.89. The summed E-state index contributed by atoms with van der Waals surface area (Å²) in [5.74, 6) is 0.314. The van der Waals surface area contributed by atoms with Gasteiger partial charge in [0.1, 0.15) is 17.1 Å². The molecule has 0 N–H and O–H groups in total. The Morgan fingerprint density at radius 2 is 1.41 bits per heavy atom. The molecule has 0 unspecified atom stereocenters. The number of carbonyl (C=O) groups excluding carboxylic acids is 1. The fourth-order valence-electron chi connectivity index (χ4n) is 3.42. The Morgan fingerprint density at radius 3 is 1.97 bits per heavy atom. The number of halogens is 1. The third kappa shape index (κ3) is 7.72. The van der Waals surface area contributed by atoms with Gasteiger partial charge in [-0.1, -0.05) is 41.6 Å². The van der Waals surface area contributed by atoms with Crippen molar-refractivity contribution in [1.29, 1.82) is 0 Å². The van der Waals surface area contributed by atoms with Crippen molar-refractivity contribution in [2.75, 3.05) is 0 Å². The molecule has 2 aromatic rings. The molecule has 0 aliphatic carbocycles. The van der Waals surface area contributed by atoms with Crippen molar-refractivity contribution in [3.05, 3.63) is 57.6 Å². The van der Waals surface area contributed by atoms with Crippen LogP contribution in [0, 0.1) is 0 Å². The van der Waals surface area contributed by atoms with Gasteiger partial charge in [-0.3, -0.25) is 4.79 Å². The first kappa shape index (κ1) is 28.1. The molecule has 2 aliphatic heterocycles. The maximum absolute atomic E-state index is 11.9. The van der Waals surface area contributed by atoms with Crippen LogP contribution in [0.5, 0.6) is 11.5 Å². The van der Waals surface area contributed by atoms with E-state index < -0.39 is 17.2 Å². The van der Waals surface area contributed by atoms with Gasteiger partial charge in [-0.25, -0.2) is 0 Å². The predicted octanol–water partition coefficient (Wildman–Crippen LogP) is 6.95. The molecule has 0 bridgehead atoms. The molecular weight excluding hydrogens is 500 g/mol. The van der Waals surface area contributed by atoms with Crippen molar-refractivity contribution in [2.24, 2.45) is 0 Å². The van der Waals surface area contributed by atoms with Crippen LogP contribution >= 0.6 is 15.9 Å². The minimum absolute atomic E-state index is 0. The van der Waals surface area contributed by atoms with Gasteiger partial charge in [0.05, 0.1) is 19.6 Å². The van der Waals surface area contributed by atoms with E-state index in [0.717, 1.165) is 32.7 Å². The Morgan fingerprint density at radius 1 is 0.912 bits per heavy atom. The van der Waals surface area contributed by atoms with E-state index in [9.17, 15) is 4.79 Å². The summed E-state index contributed by atoms with van der Waals surface area (Å²) in [5, 5.41) is 0. The molecule has 7 heteroatoms. The van der Waals surface area contributed by atoms with Crippen LogP contribution in [0.1, 0.15) is 72.6 Å². The van der Waals surface area contributed by atoms with E-state index in [1.54, 1.807) is 0 Å². The normalized spacial score (nSPS) is 17.3. The average molecular weight is 537 g/mol. The molecule has 0 aromatic heterocycles. The summed E-state index contributed by atoms with van der Waals surface area (Å²) < 4.78 is 29.0. The monoisotopic (exact) mass is 536 g/mol. The third-order valence-corrected chi connectivity index (χ3v) is 5.64. The van der Waals surface area contributed by atoms with Gasteiger partial charge < -0.3 is 23.7 Å². The van der Waals surface area contributed by atoms with E-state index in [-0.39, 0.29) is 19.8 Å². The standard InChI is InChI=1S/C16H22O4.C10H11BrO2.CH4/c1-15(2,3)20-14(17)9-11-7-6-8-13-12(11)10-18-16(4,5)19-13;1-10(2)12-6-7-8(11)4-3-5-9(7)13-10;/h6-8H,9-10H2,1-5H3;3-5H,6H2,1-2H3;1H4. The van der Waals surface area contributed by atoms with Crippen LogP contribution in [0.3, 0.4) is 0 Å². The van der Waals surface area contributed by atoms with Crippen molar-refractivity contribution in [3.8, 4) is 11.5 Å². The molecule has 0 fully saturated rings. The zero-order valence-electron chi connectivity index (χ0n) is 20.4. The van der Waals surface area contributed by atoms with Crippen LogP contribution < -0.4 is 9.47 Å². The summed E-state index contributed by atoms with van der Waals surface area (Å²) in [6.07, 6.45) is 0.230. The molecule has 6 nitrogen and oxygen atoms in total. The number of fused-ring (bicyclic) bond motifs is 2. The topological polar surface area (TPSA) is 63.2 Å². The molecule has 2 heterocycles. The van der Waals surface area contributed by atoms with Crippen LogP contribution in [-0.4, -0.2) is 23.1 Å². The van der Waals surface area contributed by atoms with E-state index in [2.05, 4.69) is 15.9 Å². The summed E-state index contributed by atoms with van der Waals surface area (Å²) >= 11 is 3.46. The van der Waals surface area contributed by atoms with Gasteiger partial charge >= 0.3 is 5.97 Å². The first-order valence-corrected chi connectivity index (χ1v) is 11.8. The van der Waals surface area contributed by atoms with Crippen molar-refractivity contribution < 1.29 is 28.5 Å². The largest absolute Gasteiger partial charge is 0.463 e. The van der Waals surface area contributed by atoms with Gasteiger partial charge in [0, 0.05) is 43.3 Å². The first-order chi connectivity index (χ1) is 15.2. The predicted molar refractivity (Wildman–Crippen MR) is 136 cm³/mol. The Labute approximate surface area is 212 Å². The van der Waals surface area contributed by atoms with E-state index >= 15 is 0 Å². The number of rotatable bonds is 2. The molecule has 2 aliphatic rings. The zero-order valence-corrected chi connectivity index (χ0v) is 22.0. The number of esters is 1. The van der Waals surface area contributed by atoms with Crippen molar-refractivity contribution in [3.63, 3.8) is 0 Å². The molecule has 4 rings (SSSR count). The molecule has 0 radical (unpaired) electrons. The van der Waals surface area contributed by atoms with Crippen LogP contribution in [-0.2, 0) is 38.6 Å². The lowest BCUT2D eigenvalue weighted by molar-refractivity contribution is -0.180. The summed E-state index contributed by atoms with van der Waals surface area (Å²) in [6, 6.07) is 11.6. The SMILES string of the molecule is C.CC(C)(C)OC(=O)Cc1cccc2c1COC(C)(C)O2.CC1(C)OCc2c(Br)cccc2O1. The minimum atomic E-state index is -0.627. The maximum Gasteiger partial charge on any atom is 0.310 e. The second-order valence-electron chi connectivity index (χ2n) is 9.95. The van der Waals surface area contributed by atoms with E-state index in [1.807, 2.05) is 84.9 Å². The number of carbonyl (C=O) groups is 1. The molecule has 0 atom stereocenters. The van der Waals surface area contributed by atoms with E-state index in [1.165, 1.54) is 0 Å². The summed E-state index contributed by atoms with van der Waals surface area (Å²) in [5.41, 5.74) is 2.44. The van der Waals surface area contributed by atoms with Crippen molar-refractivity contribution in [1.82, 2.24) is 0 Å². The Kier molecular flexibility index (Phi) is 8.83. The van der Waals surface area contributed by atoms with Crippen LogP contribution in [0.4, 0.5) is 0 Å². The smallest absolute Gasteiger partial charge is 0.310 e. The van der Waals surface area contributed by atoms with Crippen molar-refractivity contribution in [2.45, 2.75) is 92.7 Å². The van der Waals surface area contributed by atoms with E-state index in [4.69, 9.17) is 23.7 Å². The highest BCUT2D eigenvalue weighted by Gasteiger charge is 2.30. The second-order valence-corrected chi connectivity index (χ2v) is 10.8. The molecular formula is C27H37BrO6. The van der Waals surface area contributed by atoms with Gasteiger partial charge in [-0.05, 0) is 44.5 Å². The second kappa shape index (κ2) is 10.7. The van der Waals surface area contributed by atoms with Gasteiger partial charge in [-0.2, -0.15) is 0 Å². The lowest BCUT2D eigenvalue weighted by atomic mass is 10.0. The fraction of sp³-hybridized carbons (Fsp3) is 0.519. The van der Waals surface area contributed by atoms with E-state index in [0.29, 0.717) is 13.2 Å².